The number of sulfonamides is 1. The molecule has 5 nitrogen and oxygen atoms in total. The van der Waals surface area contributed by atoms with E-state index in [2.05, 4.69) is 5.10 Å². The number of hydrogen-bond donors (Lipinski definition) is 0. The normalized spacial score (nSPS) is 21.8. The van der Waals surface area contributed by atoms with Gasteiger partial charge in [-0.05, 0) is 26.7 Å². The van der Waals surface area contributed by atoms with Crippen molar-refractivity contribution in [3.8, 4) is 0 Å². The predicted molar refractivity (Wildman–Crippen MR) is 74.9 cm³/mol. The zero-order chi connectivity index (χ0) is 14.2. The van der Waals surface area contributed by atoms with Crippen LogP contribution in [0.1, 0.15) is 30.7 Å². The second kappa shape index (κ2) is 5.42. The van der Waals surface area contributed by atoms with E-state index in [1.54, 1.807) is 29.9 Å². The summed E-state index contributed by atoms with van der Waals surface area (Å²) in [6.07, 6.45) is 2.76. The van der Waals surface area contributed by atoms with Gasteiger partial charge in [0, 0.05) is 25.5 Å². The number of aryl methyl sites for hydroxylation is 2. The first-order valence-corrected chi connectivity index (χ1v) is 8.45. The Labute approximate surface area is 119 Å². The molecule has 108 valence electrons. The molecule has 1 fully saturated rings. The molecule has 0 aromatic carbocycles. The maximum Gasteiger partial charge on any atom is 0.247 e. The van der Waals surface area contributed by atoms with Gasteiger partial charge in [0.25, 0.3) is 0 Å². The molecule has 1 aliphatic heterocycles. The summed E-state index contributed by atoms with van der Waals surface area (Å²) in [5.41, 5.74) is 1.23. The molecule has 1 aromatic heterocycles. The van der Waals surface area contributed by atoms with E-state index in [0.29, 0.717) is 28.7 Å². The van der Waals surface area contributed by atoms with Crippen molar-refractivity contribution in [2.75, 3.05) is 12.4 Å². The zero-order valence-electron chi connectivity index (χ0n) is 11.6. The Hall–Kier alpha value is -0.590. The SMILES string of the molecule is Cc1nn(C)c(C)c1S(=O)(=O)N1CCCCC1CCl. The van der Waals surface area contributed by atoms with Crippen molar-refractivity contribution in [3.63, 3.8) is 0 Å². The van der Waals surface area contributed by atoms with Crippen LogP contribution in [-0.4, -0.2) is 41.0 Å². The summed E-state index contributed by atoms with van der Waals surface area (Å²) in [6.45, 7) is 4.07. The zero-order valence-corrected chi connectivity index (χ0v) is 13.1. The van der Waals surface area contributed by atoms with Crippen molar-refractivity contribution in [3.05, 3.63) is 11.4 Å². The number of piperidine rings is 1. The van der Waals surface area contributed by atoms with Gasteiger partial charge in [0.05, 0.1) is 11.4 Å². The smallest absolute Gasteiger partial charge is 0.247 e. The number of hydrogen-bond acceptors (Lipinski definition) is 3. The van der Waals surface area contributed by atoms with Crippen LogP contribution in [0, 0.1) is 13.8 Å². The monoisotopic (exact) mass is 305 g/mol. The van der Waals surface area contributed by atoms with Gasteiger partial charge < -0.3 is 0 Å². The van der Waals surface area contributed by atoms with Crippen molar-refractivity contribution in [2.24, 2.45) is 7.05 Å². The molecule has 1 aliphatic rings. The maximum atomic E-state index is 12.8. The number of halogens is 1. The molecular weight excluding hydrogens is 286 g/mol. The average Bonchev–Trinajstić information content (AvgIpc) is 2.63. The molecule has 2 rings (SSSR count). The molecule has 0 N–H and O–H groups in total. The van der Waals surface area contributed by atoms with Crippen molar-refractivity contribution in [2.45, 2.75) is 44.0 Å². The highest BCUT2D eigenvalue weighted by molar-refractivity contribution is 7.89. The quantitative estimate of drug-likeness (QED) is 0.800. The van der Waals surface area contributed by atoms with Gasteiger partial charge in [0.1, 0.15) is 4.90 Å². The highest BCUT2D eigenvalue weighted by Gasteiger charge is 2.36. The van der Waals surface area contributed by atoms with Gasteiger partial charge in [0.2, 0.25) is 10.0 Å². The van der Waals surface area contributed by atoms with Gasteiger partial charge in [-0.2, -0.15) is 9.40 Å². The third kappa shape index (κ3) is 2.53. The molecule has 1 atom stereocenters. The Kier molecular flexibility index (Phi) is 4.23. The summed E-state index contributed by atoms with van der Waals surface area (Å²) in [5.74, 6) is 0.345. The Morgan fingerprint density at radius 2 is 2.05 bits per heavy atom. The number of aromatic nitrogens is 2. The summed E-state index contributed by atoms with van der Waals surface area (Å²) >= 11 is 5.93. The second-order valence-electron chi connectivity index (χ2n) is 5.04. The lowest BCUT2D eigenvalue weighted by molar-refractivity contribution is 0.271. The molecule has 1 saturated heterocycles. The number of nitrogens with zero attached hydrogens (tertiary/aromatic N) is 3. The summed E-state index contributed by atoms with van der Waals surface area (Å²) in [6, 6.07) is -0.0978. The minimum atomic E-state index is -3.50. The van der Waals surface area contributed by atoms with Crippen LogP contribution < -0.4 is 0 Å². The van der Waals surface area contributed by atoms with Crippen LogP contribution in [0.2, 0.25) is 0 Å². The van der Waals surface area contributed by atoms with Gasteiger partial charge in [-0.25, -0.2) is 8.42 Å². The molecule has 0 amide bonds. The Bertz CT molecular complexity index is 568. The summed E-state index contributed by atoms with van der Waals surface area (Å²) < 4.78 is 28.8. The average molecular weight is 306 g/mol. The largest absolute Gasteiger partial charge is 0.271 e. The molecule has 1 aromatic rings. The molecule has 1 unspecified atom stereocenters. The van der Waals surface area contributed by atoms with E-state index in [1.165, 1.54) is 0 Å². The van der Waals surface area contributed by atoms with Crippen LogP contribution in [-0.2, 0) is 17.1 Å². The number of alkyl halides is 1. The minimum Gasteiger partial charge on any atom is -0.271 e. The van der Waals surface area contributed by atoms with E-state index >= 15 is 0 Å². The highest BCUT2D eigenvalue weighted by atomic mass is 35.5. The van der Waals surface area contributed by atoms with E-state index in [4.69, 9.17) is 11.6 Å². The van der Waals surface area contributed by atoms with Crippen LogP contribution in [0.4, 0.5) is 0 Å². The first-order valence-electron chi connectivity index (χ1n) is 6.47. The van der Waals surface area contributed by atoms with E-state index < -0.39 is 10.0 Å². The molecule has 0 aliphatic carbocycles. The van der Waals surface area contributed by atoms with Gasteiger partial charge in [-0.3, -0.25) is 4.68 Å². The Balaban J connectivity index is 2.46. The van der Waals surface area contributed by atoms with Gasteiger partial charge in [0.15, 0.2) is 0 Å². The summed E-state index contributed by atoms with van der Waals surface area (Å²) in [4.78, 5) is 0.340. The fourth-order valence-electron chi connectivity index (χ4n) is 2.69. The minimum absolute atomic E-state index is 0.0978. The van der Waals surface area contributed by atoms with E-state index in [0.717, 1.165) is 19.3 Å². The van der Waals surface area contributed by atoms with Crippen molar-refractivity contribution >= 4 is 21.6 Å². The lowest BCUT2D eigenvalue weighted by atomic mass is 10.1. The molecule has 19 heavy (non-hydrogen) atoms. The summed E-state index contributed by atoms with van der Waals surface area (Å²) in [7, 11) is -1.74. The molecule has 7 heteroatoms. The van der Waals surface area contributed by atoms with Crippen molar-refractivity contribution < 1.29 is 8.42 Å². The topological polar surface area (TPSA) is 55.2 Å². The highest BCUT2D eigenvalue weighted by Crippen LogP contribution is 2.29. The molecule has 0 radical (unpaired) electrons. The second-order valence-corrected chi connectivity index (χ2v) is 7.18. The fraction of sp³-hybridized carbons (Fsp3) is 0.750. The molecule has 0 bridgehead atoms. The third-order valence-corrected chi connectivity index (χ3v) is 6.32. The maximum absolute atomic E-state index is 12.8. The van der Waals surface area contributed by atoms with Crippen LogP contribution >= 0.6 is 11.6 Å². The standard InChI is InChI=1S/C12H20ClN3O2S/c1-9-12(10(2)15(3)14-9)19(17,18)16-7-5-4-6-11(16)8-13/h11H,4-8H2,1-3H3. The first kappa shape index (κ1) is 14.8. The van der Waals surface area contributed by atoms with Crippen LogP contribution in [0.5, 0.6) is 0 Å². The van der Waals surface area contributed by atoms with E-state index in [1.807, 2.05) is 0 Å². The Morgan fingerprint density at radius 3 is 2.58 bits per heavy atom. The molecule has 0 spiro atoms. The van der Waals surface area contributed by atoms with Gasteiger partial charge in [-0.15, -0.1) is 11.6 Å². The Morgan fingerprint density at radius 1 is 1.37 bits per heavy atom. The molecule has 2 heterocycles. The van der Waals surface area contributed by atoms with Crippen molar-refractivity contribution in [1.29, 1.82) is 0 Å². The molecular formula is C12H20ClN3O2S. The van der Waals surface area contributed by atoms with E-state index in [9.17, 15) is 8.42 Å². The fourth-order valence-corrected chi connectivity index (χ4v) is 5.19. The van der Waals surface area contributed by atoms with Crippen molar-refractivity contribution in [1.82, 2.24) is 14.1 Å². The van der Waals surface area contributed by atoms with Gasteiger partial charge >= 0.3 is 0 Å². The third-order valence-electron chi connectivity index (χ3n) is 3.76. The predicted octanol–water partition coefficient (Wildman–Crippen LogP) is 1.82. The van der Waals surface area contributed by atoms with Gasteiger partial charge in [-0.1, -0.05) is 6.42 Å². The first-order chi connectivity index (χ1) is 8.89. The lowest BCUT2D eigenvalue weighted by Gasteiger charge is -2.33. The lowest BCUT2D eigenvalue weighted by Crippen LogP contribution is -2.44. The van der Waals surface area contributed by atoms with Crippen LogP contribution in [0.15, 0.2) is 4.90 Å². The molecule has 0 saturated carbocycles. The van der Waals surface area contributed by atoms with E-state index in [-0.39, 0.29) is 6.04 Å². The van der Waals surface area contributed by atoms with Crippen LogP contribution in [0.25, 0.3) is 0 Å². The summed E-state index contributed by atoms with van der Waals surface area (Å²) in [5, 5.41) is 4.20. The number of rotatable bonds is 3. The van der Waals surface area contributed by atoms with Crippen LogP contribution in [0.3, 0.4) is 0 Å².